The third kappa shape index (κ3) is 4.20. The van der Waals surface area contributed by atoms with Crippen LogP contribution in [-0.2, 0) is 0 Å². The zero-order chi connectivity index (χ0) is 21.0. The highest BCUT2D eigenvalue weighted by atomic mass is 15.3. The average molecular weight is 412 g/mol. The zero-order valence-electron chi connectivity index (χ0n) is 17.8. The van der Waals surface area contributed by atoms with Crippen molar-refractivity contribution in [3.05, 3.63) is 73.1 Å². The maximum atomic E-state index is 4.82. The van der Waals surface area contributed by atoms with Gasteiger partial charge in [0.15, 0.2) is 5.82 Å². The highest BCUT2D eigenvalue weighted by Crippen LogP contribution is 2.28. The Balaban J connectivity index is 1.41. The molecule has 1 fully saturated rings. The van der Waals surface area contributed by atoms with Crippen LogP contribution in [0.1, 0.15) is 6.92 Å². The maximum absolute atomic E-state index is 4.82. The Morgan fingerprint density at radius 2 is 1.74 bits per heavy atom. The number of hydrogen-bond donors (Lipinski definition) is 2. The van der Waals surface area contributed by atoms with E-state index in [2.05, 4.69) is 52.5 Å². The van der Waals surface area contributed by atoms with Crippen LogP contribution in [0.2, 0.25) is 0 Å². The molecular weight excluding hydrogens is 384 g/mol. The molecule has 0 saturated carbocycles. The van der Waals surface area contributed by atoms with Gasteiger partial charge < -0.3 is 15.1 Å². The second-order valence-corrected chi connectivity index (χ2v) is 7.92. The lowest BCUT2D eigenvalue weighted by molar-refractivity contribution is -0.898. The fraction of sp³-hybridized carbons (Fsp3) is 0.240. The van der Waals surface area contributed by atoms with Gasteiger partial charge in [-0.25, -0.2) is 9.97 Å². The minimum absolute atomic E-state index is 0.669. The highest BCUT2D eigenvalue weighted by Gasteiger charge is 2.18. The number of piperazine rings is 1. The van der Waals surface area contributed by atoms with Crippen molar-refractivity contribution in [2.45, 2.75) is 6.92 Å². The molecule has 6 nitrogen and oxygen atoms in total. The van der Waals surface area contributed by atoms with E-state index in [4.69, 9.17) is 9.97 Å². The van der Waals surface area contributed by atoms with Crippen LogP contribution in [0.25, 0.3) is 22.3 Å². The summed E-state index contributed by atoms with van der Waals surface area (Å²) in [4.78, 5) is 17.9. The Labute approximate surface area is 182 Å². The van der Waals surface area contributed by atoms with Gasteiger partial charge in [-0.05, 0) is 55.5 Å². The van der Waals surface area contributed by atoms with Crippen molar-refractivity contribution < 1.29 is 4.90 Å². The van der Waals surface area contributed by atoms with Crippen molar-refractivity contribution in [3.8, 4) is 11.4 Å². The number of aromatic nitrogens is 3. The molecule has 31 heavy (non-hydrogen) atoms. The lowest BCUT2D eigenvalue weighted by Gasteiger charge is -2.33. The summed E-state index contributed by atoms with van der Waals surface area (Å²) in [6.07, 6.45) is 3.55. The second-order valence-electron chi connectivity index (χ2n) is 7.92. The number of hydrogen-bond acceptors (Lipinski definition) is 5. The molecule has 156 valence electrons. The normalized spacial score (nSPS) is 14.7. The lowest BCUT2D eigenvalue weighted by atomic mass is 10.2. The van der Waals surface area contributed by atoms with Gasteiger partial charge in [-0.1, -0.05) is 12.1 Å². The molecule has 1 aliphatic rings. The molecule has 0 amide bonds. The number of nitrogens with one attached hydrogen (secondary N) is 2. The molecule has 2 aromatic heterocycles. The Morgan fingerprint density at radius 1 is 0.935 bits per heavy atom. The van der Waals surface area contributed by atoms with Crippen molar-refractivity contribution in [2.24, 2.45) is 0 Å². The second kappa shape index (κ2) is 8.70. The fourth-order valence-corrected chi connectivity index (χ4v) is 4.12. The number of benzene rings is 2. The molecule has 3 heterocycles. The summed E-state index contributed by atoms with van der Waals surface area (Å²) in [6, 6.07) is 20.6. The zero-order valence-corrected chi connectivity index (χ0v) is 17.8. The van der Waals surface area contributed by atoms with Crippen LogP contribution >= 0.6 is 0 Å². The number of para-hydroxylation sites is 1. The first kappa shape index (κ1) is 19.5. The fourth-order valence-electron chi connectivity index (χ4n) is 4.12. The first-order chi connectivity index (χ1) is 15.3. The average Bonchev–Trinajstić information content (AvgIpc) is 2.85. The summed E-state index contributed by atoms with van der Waals surface area (Å²) in [5.74, 6) is 1.47. The monoisotopic (exact) mass is 411 g/mol. The van der Waals surface area contributed by atoms with Gasteiger partial charge in [0.25, 0.3) is 0 Å². The topological polar surface area (TPSA) is 58.4 Å². The van der Waals surface area contributed by atoms with E-state index < -0.39 is 0 Å². The Bertz CT molecular complexity index is 1150. The maximum Gasteiger partial charge on any atom is 0.163 e. The predicted octanol–water partition coefficient (Wildman–Crippen LogP) is 3.16. The molecular formula is C25H27N6+. The van der Waals surface area contributed by atoms with Gasteiger partial charge in [0.2, 0.25) is 0 Å². The number of likely N-dealkylation sites (N-methyl/N-ethyl adjacent to an activating group) is 1. The Morgan fingerprint density at radius 3 is 2.48 bits per heavy atom. The number of quaternary nitrogens is 1. The van der Waals surface area contributed by atoms with Crippen LogP contribution in [-0.4, -0.2) is 47.7 Å². The molecule has 2 N–H and O–H groups in total. The summed E-state index contributed by atoms with van der Waals surface area (Å²) < 4.78 is 0. The molecule has 2 aromatic carbocycles. The molecule has 4 aromatic rings. The van der Waals surface area contributed by atoms with Crippen LogP contribution in [0.4, 0.5) is 17.2 Å². The van der Waals surface area contributed by atoms with E-state index in [1.807, 2.05) is 30.3 Å². The van der Waals surface area contributed by atoms with Crippen LogP contribution in [0.15, 0.2) is 73.1 Å². The van der Waals surface area contributed by atoms with E-state index in [0.717, 1.165) is 41.1 Å². The smallest absolute Gasteiger partial charge is 0.163 e. The van der Waals surface area contributed by atoms with E-state index >= 15 is 0 Å². The molecule has 0 unspecified atom stereocenters. The summed E-state index contributed by atoms with van der Waals surface area (Å²) in [6.45, 7) is 8.12. The van der Waals surface area contributed by atoms with Crippen molar-refractivity contribution in [3.63, 3.8) is 0 Å². The molecule has 0 aliphatic carbocycles. The lowest BCUT2D eigenvalue weighted by Crippen LogP contribution is -3.14. The van der Waals surface area contributed by atoms with Gasteiger partial charge in [-0.15, -0.1) is 0 Å². The van der Waals surface area contributed by atoms with Gasteiger partial charge in [0.1, 0.15) is 5.82 Å². The SMILES string of the molecule is CC[NH+]1CCN(c2ccc(Nc3nc(-c4cccnc4)nc4ccccc34)cc2)CC1. The first-order valence-electron chi connectivity index (χ1n) is 10.9. The molecule has 5 rings (SSSR count). The van der Waals surface area contributed by atoms with Gasteiger partial charge in [0, 0.05) is 34.7 Å². The van der Waals surface area contributed by atoms with Crippen molar-refractivity contribution >= 4 is 28.1 Å². The molecule has 1 aliphatic heterocycles. The van der Waals surface area contributed by atoms with E-state index in [1.165, 1.54) is 25.3 Å². The third-order valence-electron chi connectivity index (χ3n) is 5.99. The standard InChI is InChI=1S/C25H26N6/c1-2-30-14-16-31(17-15-30)21-11-9-20(10-12-21)27-25-22-7-3-4-8-23(22)28-24(29-25)19-6-5-13-26-18-19/h3-13,18H,2,14-17H2,1H3,(H,27,28,29)/p+1. The minimum Gasteiger partial charge on any atom is -0.360 e. The van der Waals surface area contributed by atoms with E-state index in [-0.39, 0.29) is 0 Å². The van der Waals surface area contributed by atoms with Crippen LogP contribution in [0, 0.1) is 0 Å². The largest absolute Gasteiger partial charge is 0.360 e. The molecule has 0 radical (unpaired) electrons. The van der Waals surface area contributed by atoms with Crippen LogP contribution < -0.4 is 15.1 Å². The third-order valence-corrected chi connectivity index (χ3v) is 5.99. The number of pyridine rings is 1. The van der Waals surface area contributed by atoms with E-state index in [9.17, 15) is 0 Å². The van der Waals surface area contributed by atoms with Crippen molar-refractivity contribution in [1.29, 1.82) is 0 Å². The van der Waals surface area contributed by atoms with E-state index in [1.54, 1.807) is 17.3 Å². The minimum atomic E-state index is 0.669. The summed E-state index contributed by atoms with van der Waals surface area (Å²) in [5, 5.41) is 4.51. The van der Waals surface area contributed by atoms with Crippen LogP contribution in [0.5, 0.6) is 0 Å². The molecule has 0 atom stereocenters. The Hall–Kier alpha value is -3.51. The van der Waals surface area contributed by atoms with Gasteiger partial charge in [-0.3, -0.25) is 4.98 Å². The van der Waals surface area contributed by atoms with Crippen molar-refractivity contribution in [2.75, 3.05) is 42.9 Å². The molecule has 6 heteroatoms. The first-order valence-corrected chi connectivity index (χ1v) is 10.9. The number of anilines is 3. The summed E-state index contributed by atoms with van der Waals surface area (Å²) in [5.41, 5.74) is 4.11. The highest BCUT2D eigenvalue weighted by molar-refractivity contribution is 5.92. The predicted molar refractivity (Wildman–Crippen MR) is 126 cm³/mol. The van der Waals surface area contributed by atoms with Crippen molar-refractivity contribution in [1.82, 2.24) is 15.0 Å². The molecule has 1 saturated heterocycles. The van der Waals surface area contributed by atoms with Gasteiger partial charge >= 0.3 is 0 Å². The van der Waals surface area contributed by atoms with Gasteiger partial charge in [0.05, 0.1) is 38.2 Å². The number of rotatable bonds is 5. The number of nitrogens with zero attached hydrogens (tertiary/aromatic N) is 4. The van der Waals surface area contributed by atoms with E-state index in [0.29, 0.717) is 5.82 Å². The van der Waals surface area contributed by atoms with Gasteiger partial charge in [-0.2, -0.15) is 0 Å². The summed E-state index contributed by atoms with van der Waals surface area (Å²) in [7, 11) is 0. The number of fused-ring (bicyclic) bond motifs is 1. The summed E-state index contributed by atoms with van der Waals surface area (Å²) >= 11 is 0. The molecule has 0 spiro atoms. The molecule has 0 bridgehead atoms. The quantitative estimate of drug-likeness (QED) is 0.528. The van der Waals surface area contributed by atoms with Crippen LogP contribution in [0.3, 0.4) is 0 Å². The Kier molecular flexibility index (Phi) is 5.46.